The summed E-state index contributed by atoms with van der Waals surface area (Å²) in [6, 6.07) is 0. The van der Waals surface area contributed by atoms with Crippen molar-refractivity contribution in [2.45, 2.75) is 47.6 Å². The molecule has 0 saturated carbocycles. The standard InChI is InChI=1S/C18H30N4O3/c1-6-25-18(24)21-9-7-20(8-10-21)17(23)11-16-14(4)19-22(15(16)5)12-13(2)3/h13H,6-12H2,1-5H3. The van der Waals surface area contributed by atoms with Crippen molar-refractivity contribution in [3.63, 3.8) is 0 Å². The van der Waals surface area contributed by atoms with E-state index in [-0.39, 0.29) is 12.0 Å². The number of carbonyl (C=O) groups is 2. The Kier molecular flexibility index (Phi) is 6.45. The Balaban J connectivity index is 1.95. The second-order valence-corrected chi connectivity index (χ2v) is 6.97. The zero-order valence-corrected chi connectivity index (χ0v) is 16.0. The zero-order valence-electron chi connectivity index (χ0n) is 16.0. The average Bonchev–Trinajstić information content (AvgIpc) is 2.82. The first-order valence-electron chi connectivity index (χ1n) is 9.05. The molecular formula is C18H30N4O3. The fourth-order valence-corrected chi connectivity index (χ4v) is 3.13. The number of hydrogen-bond donors (Lipinski definition) is 0. The van der Waals surface area contributed by atoms with Crippen molar-refractivity contribution >= 4 is 12.0 Å². The van der Waals surface area contributed by atoms with Crippen LogP contribution in [-0.2, 0) is 22.5 Å². The molecule has 0 N–H and O–H groups in total. The van der Waals surface area contributed by atoms with E-state index in [0.717, 1.165) is 23.5 Å². The lowest BCUT2D eigenvalue weighted by molar-refractivity contribution is -0.132. The number of amides is 2. The fourth-order valence-electron chi connectivity index (χ4n) is 3.13. The minimum atomic E-state index is -0.295. The first-order chi connectivity index (χ1) is 11.8. The van der Waals surface area contributed by atoms with Gasteiger partial charge in [0.15, 0.2) is 0 Å². The number of carbonyl (C=O) groups excluding carboxylic acids is 2. The lowest BCUT2D eigenvalue weighted by Gasteiger charge is -2.34. The molecule has 1 fully saturated rings. The van der Waals surface area contributed by atoms with E-state index in [9.17, 15) is 9.59 Å². The first kappa shape index (κ1) is 19.3. The number of piperazine rings is 1. The van der Waals surface area contributed by atoms with Crippen LogP contribution in [-0.4, -0.2) is 64.4 Å². The molecule has 0 radical (unpaired) electrons. The van der Waals surface area contributed by atoms with E-state index in [2.05, 4.69) is 18.9 Å². The Labute approximate surface area is 149 Å². The third-order valence-electron chi connectivity index (χ3n) is 4.56. The maximum atomic E-state index is 12.7. The van der Waals surface area contributed by atoms with E-state index in [0.29, 0.717) is 45.1 Å². The van der Waals surface area contributed by atoms with E-state index < -0.39 is 0 Å². The van der Waals surface area contributed by atoms with Crippen molar-refractivity contribution < 1.29 is 14.3 Å². The zero-order chi connectivity index (χ0) is 18.6. The minimum Gasteiger partial charge on any atom is -0.450 e. The van der Waals surface area contributed by atoms with Gasteiger partial charge >= 0.3 is 6.09 Å². The fraction of sp³-hybridized carbons (Fsp3) is 0.722. The minimum absolute atomic E-state index is 0.0961. The van der Waals surface area contributed by atoms with Crippen LogP contribution in [0.3, 0.4) is 0 Å². The molecule has 0 spiro atoms. The second kappa shape index (κ2) is 8.36. The molecule has 0 bridgehead atoms. The van der Waals surface area contributed by atoms with Crippen LogP contribution in [0.2, 0.25) is 0 Å². The molecule has 1 aromatic heterocycles. The van der Waals surface area contributed by atoms with Gasteiger partial charge in [-0.1, -0.05) is 13.8 Å². The average molecular weight is 350 g/mol. The monoisotopic (exact) mass is 350 g/mol. The van der Waals surface area contributed by atoms with Crippen LogP contribution >= 0.6 is 0 Å². The molecule has 0 atom stereocenters. The smallest absolute Gasteiger partial charge is 0.409 e. The van der Waals surface area contributed by atoms with Crippen LogP contribution in [0, 0.1) is 19.8 Å². The van der Waals surface area contributed by atoms with Gasteiger partial charge in [0, 0.05) is 44.0 Å². The quantitative estimate of drug-likeness (QED) is 0.814. The van der Waals surface area contributed by atoms with Crippen LogP contribution in [0.5, 0.6) is 0 Å². The van der Waals surface area contributed by atoms with Crippen LogP contribution in [0.15, 0.2) is 0 Å². The molecular weight excluding hydrogens is 320 g/mol. The van der Waals surface area contributed by atoms with Gasteiger partial charge < -0.3 is 14.5 Å². The van der Waals surface area contributed by atoms with Crippen LogP contribution in [0.1, 0.15) is 37.7 Å². The Morgan fingerprint density at radius 2 is 1.72 bits per heavy atom. The molecule has 1 saturated heterocycles. The summed E-state index contributed by atoms with van der Waals surface area (Å²) in [6.45, 7) is 13.5. The highest BCUT2D eigenvalue weighted by molar-refractivity contribution is 5.79. The summed E-state index contributed by atoms with van der Waals surface area (Å²) >= 11 is 0. The first-order valence-corrected chi connectivity index (χ1v) is 9.05. The molecule has 7 nitrogen and oxygen atoms in total. The Bertz CT molecular complexity index is 616. The van der Waals surface area contributed by atoms with Crippen LogP contribution < -0.4 is 0 Å². The Hall–Kier alpha value is -2.05. The van der Waals surface area contributed by atoms with E-state index in [1.807, 2.05) is 23.4 Å². The van der Waals surface area contributed by atoms with Gasteiger partial charge in [-0.15, -0.1) is 0 Å². The predicted octanol–water partition coefficient (Wildman–Crippen LogP) is 2.00. The third-order valence-corrected chi connectivity index (χ3v) is 4.56. The van der Waals surface area contributed by atoms with Crippen molar-refractivity contribution in [3.8, 4) is 0 Å². The number of nitrogens with zero attached hydrogens (tertiary/aromatic N) is 4. The maximum Gasteiger partial charge on any atom is 0.409 e. The SMILES string of the molecule is CCOC(=O)N1CCN(C(=O)Cc2c(C)nn(CC(C)C)c2C)CC1. The summed E-state index contributed by atoms with van der Waals surface area (Å²) in [6.07, 6.45) is 0.0751. The van der Waals surface area contributed by atoms with Gasteiger partial charge in [0.25, 0.3) is 0 Å². The summed E-state index contributed by atoms with van der Waals surface area (Å²) in [5.41, 5.74) is 3.03. The van der Waals surface area contributed by atoms with Gasteiger partial charge in [0.1, 0.15) is 0 Å². The Morgan fingerprint density at radius 1 is 1.12 bits per heavy atom. The summed E-state index contributed by atoms with van der Waals surface area (Å²) < 4.78 is 7.01. The molecule has 0 aliphatic carbocycles. The molecule has 140 valence electrons. The predicted molar refractivity (Wildman–Crippen MR) is 95.4 cm³/mol. The summed E-state index contributed by atoms with van der Waals surface area (Å²) in [4.78, 5) is 27.9. The van der Waals surface area contributed by atoms with Crippen LogP contribution in [0.4, 0.5) is 4.79 Å². The summed E-state index contributed by atoms with van der Waals surface area (Å²) in [5, 5.41) is 4.58. The van der Waals surface area contributed by atoms with Gasteiger partial charge in [0.2, 0.25) is 5.91 Å². The van der Waals surface area contributed by atoms with E-state index in [1.54, 1.807) is 11.8 Å². The number of aryl methyl sites for hydroxylation is 1. The van der Waals surface area contributed by atoms with Gasteiger partial charge in [-0.25, -0.2) is 4.79 Å². The largest absolute Gasteiger partial charge is 0.450 e. The van der Waals surface area contributed by atoms with E-state index in [1.165, 1.54) is 0 Å². The van der Waals surface area contributed by atoms with Crippen molar-refractivity contribution in [2.75, 3.05) is 32.8 Å². The highest BCUT2D eigenvalue weighted by atomic mass is 16.6. The molecule has 2 heterocycles. The molecule has 7 heteroatoms. The summed E-state index contributed by atoms with van der Waals surface area (Å²) in [7, 11) is 0. The normalized spacial score (nSPS) is 15.0. The molecule has 1 aromatic rings. The number of hydrogen-bond acceptors (Lipinski definition) is 4. The van der Waals surface area contributed by atoms with Crippen molar-refractivity contribution in [1.29, 1.82) is 0 Å². The summed E-state index contributed by atoms with van der Waals surface area (Å²) in [5.74, 6) is 0.608. The van der Waals surface area contributed by atoms with Gasteiger partial charge in [-0.05, 0) is 26.7 Å². The molecule has 1 aliphatic heterocycles. The highest BCUT2D eigenvalue weighted by Crippen LogP contribution is 2.17. The lowest BCUT2D eigenvalue weighted by Crippen LogP contribution is -2.51. The highest BCUT2D eigenvalue weighted by Gasteiger charge is 2.26. The molecule has 0 aromatic carbocycles. The molecule has 25 heavy (non-hydrogen) atoms. The maximum absolute atomic E-state index is 12.7. The molecule has 2 amide bonds. The van der Waals surface area contributed by atoms with Crippen LogP contribution in [0.25, 0.3) is 0 Å². The number of ether oxygens (including phenoxy) is 1. The van der Waals surface area contributed by atoms with Gasteiger partial charge in [0.05, 0.1) is 18.7 Å². The van der Waals surface area contributed by atoms with E-state index in [4.69, 9.17) is 4.74 Å². The number of rotatable bonds is 5. The van der Waals surface area contributed by atoms with Gasteiger partial charge in [-0.2, -0.15) is 5.10 Å². The molecule has 2 rings (SSSR count). The molecule has 0 unspecified atom stereocenters. The van der Waals surface area contributed by atoms with Gasteiger partial charge in [-0.3, -0.25) is 9.48 Å². The van der Waals surface area contributed by atoms with Crippen molar-refractivity contribution in [1.82, 2.24) is 19.6 Å². The molecule has 1 aliphatic rings. The van der Waals surface area contributed by atoms with Crippen molar-refractivity contribution in [3.05, 3.63) is 17.0 Å². The van der Waals surface area contributed by atoms with E-state index >= 15 is 0 Å². The lowest BCUT2D eigenvalue weighted by atomic mass is 10.1. The Morgan fingerprint density at radius 3 is 2.28 bits per heavy atom. The third kappa shape index (κ3) is 4.74. The van der Waals surface area contributed by atoms with Crippen molar-refractivity contribution in [2.24, 2.45) is 5.92 Å². The topological polar surface area (TPSA) is 67.7 Å². The second-order valence-electron chi connectivity index (χ2n) is 6.97. The number of aromatic nitrogens is 2.